The number of hydrogen-bond acceptors (Lipinski definition) is 4. The molecule has 3 amide bonds. The Morgan fingerprint density at radius 3 is 2.52 bits per heavy atom. The molecule has 7 heteroatoms. The maximum atomic E-state index is 12.5. The third-order valence-corrected chi connectivity index (χ3v) is 6.18. The standard InChI is InChI=1S/C20H33N3O4/c24-17(5-11-23-10-3-4-19(23)26)21-15-20(8-1-2-9-20)22-18(25)14-16-6-12-27-13-7-16/h16H,1-15H2,(H,21,24)(H,22,25). The number of hydrogen-bond donors (Lipinski definition) is 2. The number of rotatable bonds is 8. The summed E-state index contributed by atoms with van der Waals surface area (Å²) in [4.78, 5) is 38.2. The molecule has 27 heavy (non-hydrogen) atoms. The molecule has 2 N–H and O–H groups in total. The molecule has 0 aromatic rings. The fourth-order valence-electron chi connectivity index (χ4n) is 4.49. The van der Waals surface area contributed by atoms with Crippen molar-refractivity contribution in [1.29, 1.82) is 0 Å². The van der Waals surface area contributed by atoms with Crippen molar-refractivity contribution in [3.05, 3.63) is 0 Å². The van der Waals surface area contributed by atoms with Crippen LogP contribution in [0.25, 0.3) is 0 Å². The second-order valence-electron chi connectivity index (χ2n) is 8.31. The Morgan fingerprint density at radius 1 is 1.11 bits per heavy atom. The van der Waals surface area contributed by atoms with Crippen LogP contribution in [0, 0.1) is 5.92 Å². The fourth-order valence-corrected chi connectivity index (χ4v) is 4.49. The zero-order valence-corrected chi connectivity index (χ0v) is 16.3. The van der Waals surface area contributed by atoms with Crippen LogP contribution in [0.5, 0.6) is 0 Å². The summed E-state index contributed by atoms with van der Waals surface area (Å²) < 4.78 is 5.36. The number of nitrogens with one attached hydrogen (secondary N) is 2. The lowest BCUT2D eigenvalue weighted by Gasteiger charge is -2.32. The molecule has 3 rings (SSSR count). The van der Waals surface area contributed by atoms with Crippen LogP contribution in [-0.4, -0.2) is 61.0 Å². The highest BCUT2D eigenvalue weighted by Crippen LogP contribution is 2.30. The Hall–Kier alpha value is -1.63. The van der Waals surface area contributed by atoms with Gasteiger partial charge in [0.1, 0.15) is 0 Å². The lowest BCUT2D eigenvalue weighted by atomic mass is 9.93. The highest BCUT2D eigenvalue weighted by atomic mass is 16.5. The molecule has 0 aromatic heterocycles. The molecule has 2 saturated heterocycles. The Labute approximate surface area is 161 Å². The van der Waals surface area contributed by atoms with Gasteiger partial charge < -0.3 is 20.3 Å². The van der Waals surface area contributed by atoms with Gasteiger partial charge in [0.05, 0.1) is 5.54 Å². The molecular weight excluding hydrogens is 346 g/mol. The van der Waals surface area contributed by atoms with Gasteiger partial charge in [0.2, 0.25) is 17.7 Å². The molecule has 2 heterocycles. The molecule has 3 fully saturated rings. The first-order chi connectivity index (χ1) is 13.1. The summed E-state index contributed by atoms with van der Waals surface area (Å²) in [5, 5.41) is 6.24. The van der Waals surface area contributed by atoms with Gasteiger partial charge in [0, 0.05) is 52.1 Å². The summed E-state index contributed by atoms with van der Waals surface area (Å²) in [6.07, 6.45) is 8.26. The number of amides is 3. The minimum atomic E-state index is -0.304. The Morgan fingerprint density at radius 2 is 1.85 bits per heavy atom. The van der Waals surface area contributed by atoms with E-state index in [2.05, 4.69) is 10.6 Å². The lowest BCUT2D eigenvalue weighted by molar-refractivity contribution is -0.129. The second kappa shape index (κ2) is 9.53. The molecule has 1 saturated carbocycles. The van der Waals surface area contributed by atoms with Crippen LogP contribution < -0.4 is 10.6 Å². The molecular formula is C20H33N3O4. The van der Waals surface area contributed by atoms with E-state index in [0.29, 0.717) is 38.3 Å². The van der Waals surface area contributed by atoms with Crippen LogP contribution in [-0.2, 0) is 19.1 Å². The quantitative estimate of drug-likeness (QED) is 0.667. The number of nitrogens with zero attached hydrogens (tertiary/aromatic N) is 1. The fraction of sp³-hybridized carbons (Fsp3) is 0.850. The van der Waals surface area contributed by atoms with E-state index in [4.69, 9.17) is 4.74 Å². The molecule has 0 radical (unpaired) electrons. The maximum Gasteiger partial charge on any atom is 0.222 e. The van der Waals surface area contributed by atoms with Gasteiger partial charge in [0.15, 0.2) is 0 Å². The van der Waals surface area contributed by atoms with Gasteiger partial charge in [0.25, 0.3) is 0 Å². The van der Waals surface area contributed by atoms with E-state index in [1.165, 1.54) is 0 Å². The highest BCUT2D eigenvalue weighted by Gasteiger charge is 2.36. The topological polar surface area (TPSA) is 87.7 Å². The van der Waals surface area contributed by atoms with E-state index in [9.17, 15) is 14.4 Å². The van der Waals surface area contributed by atoms with Crippen molar-refractivity contribution in [3.63, 3.8) is 0 Å². The summed E-state index contributed by atoms with van der Waals surface area (Å²) in [6, 6.07) is 0. The summed E-state index contributed by atoms with van der Waals surface area (Å²) in [5.41, 5.74) is -0.304. The first kappa shape index (κ1) is 20.1. The predicted octanol–water partition coefficient (Wildman–Crippen LogP) is 1.36. The number of carbonyl (C=O) groups excluding carboxylic acids is 3. The van der Waals surface area contributed by atoms with Crippen LogP contribution in [0.3, 0.4) is 0 Å². The minimum Gasteiger partial charge on any atom is -0.381 e. The van der Waals surface area contributed by atoms with E-state index in [-0.39, 0.29) is 23.3 Å². The number of ether oxygens (including phenoxy) is 1. The van der Waals surface area contributed by atoms with Crippen LogP contribution in [0.15, 0.2) is 0 Å². The zero-order valence-electron chi connectivity index (χ0n) is 16.3. The van der Waals surface area contributed by atoms with Crippen LogP contribution in [0.1, 0.15) is 64.2 Å². The van der Waals surface area contributed by atoms with E-state index < -0.39 is 0 Å². The molecule has 7 nitrogen and oxygen atoms in total. The Bertz CT molecular complexity index is 539. The van der Waals surface area contributed by atoms with Crippen molar-refractivity contribution in [2.45, 2.75) is 69.7 Å². The van der Waals surface area contributed by atoms with Gasteiger partial charge >= 0.3 is 0 Å². The average molecular weight is 380 g/mol. The third-order valence-electron chi connectivity index (χ3n) is 6.18. The Kier molecular flexibility index (Phi) is 7.10. The van der Waals surface area contributed by atoms with Crippen molar-refractivity contribution in [3.8, 4) is 0 Å². The molecule has 3 aliphatic rings. The second-order valence-corrected chi connectivity index (χ2v) is 8.31. The van der Waals surface area contributed by atoms with Crippen molar-refractivity contribution in [1.82, 2.24) is 15.5 Å². The summed E-state index contributed by atoms with van der Waals surface area (Å²) in [6.45, 7) is 3.24. The first-order valence-corrected chi connectivity index (χ1v) is 10.5. The van der Waals surface area contributed by atoms with Crippen molar-refractivity contribution in [2.24, 2.45) is 5.92 Å². The molecule has 0 atom stereocenters. The largest absolute Gasteiger partial charge is 0.381 e. The molecule has 0 bridgehead atoms. The minimum absolute atomic E-state index is 0.0420. The van der Waals surface area contributed by atoms with Gasteiger partial charge in [-0.05, 0) is 38.0 Å². The smallest absolute Gasteiger partial charge is 0.222 e. The van der Waals surface area contributed by atoms with Crippen molar-refractivity contribution < 1.29 is 19.1 Å². The van der Waals surface area contributed by atoms with Gasteiger partial charge in [-0.1, -0.05) is 12.8 Å². The molecule has 0 aromatic carbocycles. The summed E-state index contributed by atoms with van der Waals surface area (Å²) in [5.74, 6) is 0.612. The van der Waals surface area contributed by atoms with Gasteiger partial charge in [-0.15, -0.1) is 0 Å². The van der Waals surface area contributed by atoms with Gasteiger partial charge in [-0.25, -0.2) is 0 Å². The molecule has 0 spiro atoms. The Balaban J connectivity index is 1.42. The third kappa shape index (κ3) is 5.92. The predicted molar refractivity (Wildman–Crippen MR) is 101 cm³/mol. The first-order valence-electron chi connectivity index (χ1n) is 10.5. The monoisotopic (exact) mass is 379 g/mol. The van der Waals surface area contributed by atoms with Crippen LogP contribution in [0.2, 0.25) is 0 Å². The normalized spacial score (nSPS) is 22.8. The van der Waals surface area contributed by atoms with Crippen LogP contribution >= 0.6 is 0 Å². The highest BCUT2D eigenvalue weighted by molar-refractivity contribution is 5.80. The maximum absolute atomic E-state index is 12.5. The lowest BCUT2D eigenvalue weighted by Crippen LogP contribution is -2.54. The van der Waals surface area contributed by atoms with Crippen molar-refractivity contribution >= 4 is 17.7 Å². The van der Waals surface area contributed by atoms with Crippen molar-refractivity contribution in [2.75, 3.05) is 32.8 Å². The summed E-state index contributed by atoms with van der Waals surface area (Å²) >= 11 is 0. The van der Waals surface area contributed by atoms with E-state index in [0.717, 1.165) is 64.7 Å². The molecule has 1 aliphatic carbocycles. The molecule has 2 aliphatic heterocycles. The summed E-state index contributed by atoms with van der Waals surface area (Å²) in [7, 11) is 0. The number of likely N-dealkylation sites (tertiary alicyclic amines) is 1. The SMILES string of the molecule is O=C(CCN1CCCC1=O)NCC1(NC(=O)CC2CCOCC2)CCCC1. The molecule has 152 valence electrons. The van der Waals surface area contributed by atoms with Gasteiger partial charge in [-0.2, -0.15) is 0 Å². The van der Waals surface area contributed by atoms with E-state index in [1.807, 2.05) is 0 Å². The van der Waals surface area contributed by atoms with E-state index >= 15 is 0 Å². The molecule has 0 unspecified atom stereocenters. The van der Waals surface area contributed by atoms with Crippen LogP contribution in [0.4, 0.5) is 0 Å². The van der Waals surface area contributed by atoms with Gasteiger partial charge in [-0.3, -0.25) is 14.4 Å². The average Bonchev–Trinajstić information content (AvgIpc) is 3.28. The van der Waals surface area contributed by atoms with E-state index in [1.54, 1.807) is 4.90 Å². The number of carbonyl (C=O) groups is 3. The zero-order chi connectivity index (χ0) is 19.1.